The Morgan fingerprint density at radius 2 is 1.75 bits per heavy atom. The van der Waals surface area contributed by atoms with Crippen molar-refractivity contribution in [3.05, 3.63) is 58.0 Å². The number of nitrogens with zero attached hydrogens (tertiary/aromatic N) is 5. The van der Waals surface area contributed by atoms with E-state index >= 15 is 0 Å². The molecule has 0 saturated carbocycles. The van der Waals surface area contributed by atoms with Crippen LogP contribution in [0, 0.1) is 11.6 Å². The number of aromatic nitrogens is 4. The maximum atomic E-state index is 14.3. The highest BCUT2D eigenvalue weighted by Gasteiger charge is 2.31. The SMILES string of the molecule is CCCCC(C)N(C(=O)n1nnn(-c2c(F)cccc2F)c1=O)c1cc(C(=O)O)c(OC)cc1OC. The Kier molecular flexibility index (Phi) is 8.02. The average Bonchev–Trinajstić information content (AvgIpc) is 3.23. The summed E-state index contributed by atoms with van der Waals surface area (Å²) in [6.07, 6.45) is 1.98. The summed E-state index contributed by atoms with van der Waals surface area (Å²) in [6, 6.07) is 3.88. The molecule has 11 nitrogen and oxygen atoms in total. The number of carbonyl (C=O) groups excluding carboxylic acids is 1. The number of amides is 1. The Bertz CT molecular complexity index is 1320. The lowest BCUT2D eigenvalue weighted by Gasteiger charge is -2.30. The number of halogens is 2. The molecule has 1 atom stereocenters. The van der Waals surface area contributed by atoms with Crippen LogP contribution in [-0.4, -0.2) is 57.2 Å². The summed E-state index contributed by atoms with van der Waals surface area (Å²) in [6.45, 7) is 3.65. The van der Waals surface area contributed by atoms with Gasteiger partial charge < -0.3 is 14.6 Å². The van der Waals surface area contributed by atoms with E-state index in [9.17, 15) is 28.3 Å². The first-order valence-electron chi connectivity index (χ1n) is 11.0. The normalized spacial score (nSPS) is 11.7. The zero-order chi connectivity index (χ0) is 26.6. The quantitative estimate of drug-likeness (QED) is 0.438. The van der Waals surface area contributed by atoms with Gasteiger partial charge in [0.05, 0.1) is 19.9 Å². The molecule has 0 fully saturated rings. The van der Waals surface area contributed by atoms with Crippen molar-refractivity contribution in [2.24, 2.45) is 0 Å². The Balaban J connectivity index is 2.20. The summed E-state index contributed by atoms with van der Waals surface area (Å²) in [5.74, 6) is -3.38. The molecule has 1 unspecified atom stereocenters. The lowest BCUT2D eigenvalue weighted by atomic mass is 10.1. The van der Waals surface area contributed by atoms with E-state index in [0.717, 1.165) is 29.5 Å². The maximum Gasteiger partial charge on any atom is 0.377 e. The lowest BCUT2D eigenvalue weighted by Crippen LogP contribution is -2.46. The molecule has 1 amide bonds. The molecule has 0 bridgehead atoms. The van der Waals surface area contributed by atoms with Crippen LogP contribution in [0.15, 0.2) is 35.1 Å². The van der Waals surface area contributed by atoms with E-state index in [4.69, 9.17) is 9.47 Å². The van der Waals surface area contributed by atoms with Crippen LogP contribution in [0.5, 0.6) is 11.5 Å². The molecule has 0 aliphatic heterocycles. The van der Waals surface area contributed by atoms with Crippen molar-refractivity contribution < 1.29 is 33.0 Å². The number of benzene rings is 2. The standard InChI is InChI=1S/C23H25F2N5O6/c1-5-6-8-13(2)28(17-11-14(21(31)32)18(35-3)12-19(17)36-4)22(33)30-23(34)29(26-27-30)20-15(24)9-7-10-16(20)25/h7,9-13H,5-6,8H2,1-4H3,(H,31,32). The van der Waals surface area contributed by atoms with Crippen LogP contribution in [0.25, 0.3) is 5.69 Å². The molecule has 192 valence electrons. The molecule has 1 aromatic heterocycles. The van der Waals surface area contributed by atoms with Crippen LogP contribution < -0.4 is 20.1 Å². The summed E-state index contributed by atoms with van der Waals surface area (Å²) in [5.41, 5.74) is -2.23. The first-order chi connectivity index (χ1) is 17.2. The van der Waals surface area contributed by atoms with Gasteiger partial charge in [-0.2, -0.15) is 4.68 Å². The highest BCUT2D eigenvalue weighted by Crippen LogP contribution is 2.37. The molecular weight excluding hydrogens is 480 g/mol. The third-order valence-corrected chi connectivity index (χ3v) is 5.53. The number of carboxylic acids is 1. The molecule has 3 aromatic rings. The Morgan fingerprint density at radius 3 is 2.31 bits per heavy atom. The van der Waals surface area contributed by atoms with E-state index in [0.29, 0.717) is 22.2 Å². The lowest BCUT2D eigenvalue weighted by molar-refractivity contribution is 0.0693. The van der Waals surface area contributed by atoms with Gasteiger partial charge >= 0.3 is 17.7 Å². The van der Waals surface area contributed by atoms with Gasteiger partial charge in [-0.3, -0.25) is 4.90 Å². The Hall–Kier alpha value is -4.29. The monoisotopic (exact) mass is 505 g/mol. The van der Waals surface area contributed by atoms with Crippen molar-refractivity contribution in [3.8, 4) is 17.2 Å². The second kappa shape index (κ2) is 11.0. The molecule has 1 N–H and O–H groups in total. The number of anilines is 1. The van der Waals surface area contributed by atoms with Crippen LogP contribution >= 0.6 is 0 Å². The summed E-state index contributed by atoms with van der Waals surface area (Å²) >= 11 is 0. The van der Waals surface area contributed by atoms with Crippen molar-refractivity contribution in [3.63, 3.8) is 0 Å². The van der Waals surface area contributed by atoms with Gasteiger partial charge in [0.1, 0.15) is 22.7 Å². The van der Waals surface area contributed by atoms with Crippen molar-refractivity contribution >= 4 is 17.7 Å². The van der Waals surface area contributed by atoms with Crippen molar-refractivity contribution in [1.82, 2.24) is 19.8 Å². The minimum Gasteiger partial charge on any atom is -0.496 e. The number of carbonyl (C=O) groups is 2. The average molecular weight is 505 g/mol. The summed E-state index contributed by atoms with van der Waals surface area (Å²) in [5, 5.41) is 16.7. The number of hydrogen-bond donors (Lipinski definition) is 1. The topological polar surface area (TPSA) is 129 Å². The van der Waals surface area contributed by atoms with Gasteiger partial charge in [0.2, 0.25) is 0 Å². The third-order valence-electron chi connectivity index (χ3n) is 5.53. The number of aromatic carboxylic acids is 1. The first-order valence-corrected chi connectivity index (χ1v) is 11.0. The molecule has 3 rings (SSSR count). The third kappa shape index (κ3) is 4.90. The number of ether oxygens (including phenoxy) is 2. The fourth-order valence-electron chi connectivity index (χ4n) is 3.70. The first kappa shape index (κ1) is 26.3. The van der Waals surface area contributed by atoms with Crippen molar-refractivity contribution in [1.29, 1.82) is 0 Å². The molecule has 1 heterocycles. The zero-order valence-electron chi connectivity index (χ0n) is 20.1. The Morgan fingerprint density at radius 1 is 1.11 bits per heavy atom. The zero-order valence-corrected chi connectivity index (χ0v) is 20.1. The van der Waals surface area contributed by atoms with Crippen LogP contribution in [0.4, 0.5) is 19.3 Å². The second-order valence-corrected chi connectivity index (χ2v) is 7.83. The maximum absolute atomic E-state index is 14.3. The molecule has 36 heavy (non-hydrogen) atoms. The molecule has 13 heteroatoms. The van der Waals surface area contributed by atoms with Gasteiger partial charge in [-0.1, -0.05) is 25.8 Å². The number of carboxylic acid groups (broad SMARTS) is 1. The predicted molar refractivity (Wildman–Crippen MR) is 124 cm³/mol. The van der Waals surface area contributed by atoms with E-state index in [1.165, 1.54) is 26.4 Å². The Labute approximate surface area is 204 Å². The second-order valence-electron chi connectivity index (χ2n) is 7.83. The van der Waals surface area contributed by atoms with Gasteiger partial charge in [-0.15, -0.1) is 4.68 Å². The van der Waals surface area contributed by atoms with Gasteiger partial charge in [0.25, 0.3) is 0 Å². The molecular formula is C23H25F2N5O6. The minimum atomic E-state index is -1.32. The van der Waals surface area contributed by atoms with Crippen molar-refractivity contribution in [2.75, 3.05) is 19.1 Å². The molecule has 0 spiro atoms. The van der Waals surface area contributed by atoms with Gasteiger partial charge in [0, 0.05) is 12.1 Å². The number of tetrazole rings is 1. The fraction of sp³-hybridized carbons (Fsp3) is 0.348. The van der Waals surface area contributed by atoms with Gasteiger partial charge in [0.15, 0.2) is 11.6 Å². The number of hydrogen-bond acceptors (Lipinski definition) is 7. The molecule has 0 radical (unpaired) electrons. The van der Waals surface area contributed by atoms with E-state index in [-0.39, 0.29) is 22.7 Å². The van der Waals surface area contributed by atoms with Crippen LogP contribution in [0.1, 0.15) is 43.5 Å². The smallest absolute Gasteiger partial charge is 0.377 e. The van der Waals surface area contributed by atoms with E-state index in [1.54, 1.807) is 6.92 Å². The van der Waals surface area contributed by atoms with E-state index in [1.807, 2.05) is 6.92 Å². The summed E-state index contributed by atoms with van der Waals surface area (Å²) in [4.78, 5) is 39.6. The van der Waals surface area contributed by atoms with Crippen LogP contribution in [0.3, 0.4) is 0 Å². The van der Waals surface area contributed by atoms with Crippen LogP contribution in [-0.2, 0) is 0 Å². The molecule has 0 aliphatic carbocycles. The largest absolute Gasteiger partial charge is 0.496 e. The fourth-order valence-corrected chi connectivity index (χ4v) is 3.70. The predicted octanol–water partition coefficient (Wildman–Crippen LogP) is 3.48. The number of methoxy groups -OCH3 is 2. The van der Waals surface area contributed by atoms with Crippen LogP contribution in [0.2, 0.25) is 0 Å². The molecule has 0 saturated heterocycles. The minimum absolute atomic E-state index is 0.00477. The summed E-state index contributed by atoms with van der Waals surface area (Å²) < 4.78 is 39.7. The highest BCUT2D eigenvalue weighted by molar-refractivity contribution is 5.99. The van der Waals surface area contributed by atoms with Gasteiger partial charge in [-0.05, 0) is 42.0 Å². The number of unbranched alkanes of at least 4 members (excludes halogenated alkanes) is 1. The molecule has 2 aromatic carbocycles. The van der Waals surface area contributed by atoms with E-state index < -0.39 is 41.1 Å². The van der Waals surface area contributed by atoms with Crippen molar-refractivity contribution in [2.45, 2.75) is 39.2 Å². The highest BCUT2D eigenvalue weighted by atomic mass is 19.1. The summed E-state index contributed by atoms with van der Waals surface area (Å²) in [7, 11) is 2.61. The molecule has 0 aliphatic rings. The number of rotatable bonds is 9. The van der Waals surface area contributed by atoms with E-state index in [2.05, 4.69) is 10.4 Å². The van der Waals surface area contributed by atoms with Gasteiger partial charge in [-0.25, -0.2) is 23.2 Å². The number of para-hydroxylation sites is 1.